The van der Waals surface area contributed by atoms with Crippen LogP contribution in [0.2, 0.25) is 0 Å². The zero-order valence-corrected chi connectivity index (χ0v) is 13.6. The number of likely N-dealkylation sites (N-methyl/N-ethyl adjacent to an activating group) is 1. The van der Waals surface area contributed by atoms with E-state index in [9.17, 15) is 0 Å². The molecule has 0 fully saturated rings. The van der Waals surface area contributed by atoms with Gasteiger partial charge in [-0.15, -0.1) is 11.8 Å². The van der Waals surface area contributed by atoms with Gasteiger partial charge in [-0.1, -0.05) is 12.5 Å². The molecule has 0 bridgehead atoms. The van der Waals surface area contributed by atoms with Gasteiger partial charge in [0.25, 0.3) is 0 Å². The topological polar surface area (TPSA) is 51.4 Å². The number of nitriles is 1. The fourth-order valence-corrected chi connectivity index (χ4v) is 4.54. The van der Waals surface area contributed by atoms with E-state index in [-0.39, 0.29) is 4.87 Å². The van der Waals surface area contributed by atoms with Crippen LogP contribution in [0.1, 0.15) is 32.1 Å². The highest BCUT2D eigenvalue weighted by molar-refractivity contribution is 8.04. The number of thioether (sulfide) groups is 1. The second-order valence-corrected chi connectivity index (χ2v) is 7.17. The molecule has 20 heavy (non-hydrogen) atoms. The van der Waals surface area contributed by atoms with Gasteiger partial charge in [0, 0.05) is 25.7 Å². The van der Waals surface area contributed by atoms with Crippen LogP contribution in [0, 0.1) is 11.3 Å². The Morgan fingerprint density at radius 2 is 2.45 bits per heavy atom. The molecule has 110 valence electrons. The maximum atomic E-state index is 8.53. The molecule has 0 aliphatic carbocycles. The van der Waals surface area contributed by atoms with E-state index in [1.165, 1.54) is 17.7 Å². The fraction of sp³-hybridized carbons (Fsp3) is 0.714. The Hall–Kier alpha value is -0.480. The molecule has 0 saturated carbocycles. The average Bonchev–Trinajstić information content (AvgIpc) is 2.93. The van der Waals surface area contributed by atoms with Crippen molar-refractivity contribution in [2.24, 2.45) is 4.40 Å². The smallest absolute Gasteiger partial charge is 0.134 e. The first-order valence-electron chi connectivity index (χ1n) is 7.13. The third-order valence-corrected chi connectivity index (χ3v) is 5.74. The molecule has 1 unspecified atom stereocenters. The summed E-state index contributed by atoms with van der Waals surface area (Å²) in [5, 5.41) is 8.53. The van der Waals surface area contributed by atoms with Crippen molar-refractivity contribution in [3.63, 3.8) is 0 Å². The number of hydrogen-bond donors (Lipinski definition) is 1. The van der Waals surface area contributed by atoms with Crippen LogP contribution in [-0.4, -0.2) is 41.9 Å². The third kappa shape index (κ3) is 4.26. The van der Waals surface area contributed by atoms with E-state index in [4.69, 9.17) is 5.26 Å². The molecule has 0 amide bonds. The van der Waals surface area contributed by atoms with E-state index in [1.54, 1.807) is 0 Å². The minimum absolute atomic E-state index is 0.116. The molecule has 0 saturated heterocycles. The highest BCUT2D eigenvalue weighted by atomic mass is 32.2. The average molecular weight is 310 g/mol. The van der Waals surface area contributed by atoms with Gasteiger partial charge in [-0.2, -0.15) is 5.26 Å². The van der Waals surface area contributed by atoms with Crippen LogP contribution in [0.25, 0.3) is 0 Å². The summed E-state index contributed by atoms with van der Waals surface area (Å²) >= 11 is 3.38. The SMILES string of the molecule is CN1CCC=C(C2(SCCCCCC#N)C=NSN2)C1. The van der Waals surface area contributed by atoms with Crippen molar-refractivity contribution in [3.05, 3.63) is 11.6 Å². The van der Waals surface area contributed by atoms with E-state index in [2.05, 4.69) is 39.4 Å². The summed E-state index contributed by atoms with van der Waals surface area (Å²) in [6.45, 7) is 2.16. The van der Waals surface area contributed by atoms with E-state index in [0.717, 1.165) is 44.5 Å². The maximum Gasteiger partial charge on any atom is 0.134 e. The zero-order chi connectivity index (χ0) is 14.3. The molecule has 0 radical (unpaired) electrons. The Morgan fingerprint density at radius 1 is 1.55 bits per heavy atom. The van der Waals surface area contributed by atoms with Gasteiger partial charge in [-0.3, -0.25) is 0 Å². The van der Waals surface area contributed by atoms with E-state index < -0.39 is 0 Å². The van der Waals surface area contributed by atoms with Crippen molar-refractivity contribution >= 4 is 30.1 Å². The van der Waals surface area contributed by atoms with Crippen LogP contribution in [-0.2, 0) is 0 Å². The number of rotatable bonds is 7. The number of nitrogens with one attached hydrogen (secondary N) is 1. The lowest BCUT2D eigenvalue weighted by atomic mass is 10.0. The predicted octanol–water partition coefficient (Wildman–Crippen LogP) is 3.00. The zero-order valence-electron chi connectivity index (χ0n) is 12.0. The van der Waals surface area contributed by atoms with Crippen molar-refractivity contribution in [1.29, 1.82) is 5.26 Å². The summed E-state index contributed by atoms with van der Waals surface area (Å²) in [6, 6.07) is 2.21. The second kappa shape index (κ2) is 8.08. The highest BCUT2D eigenvalue weighted by Crippen LogP contribution is 2.37. The molecule has 0 spiro atoms. The lowest BCUT2D eigenvalue weighted by Gasteiger charge is -2.34. The summed E-state index contributed by atoms with van der Waals surface area (Å²) in [5.41, 5.74) is 1.43. The first-order chi connectivity index (χ1) is 9.77. The summed E-state index contributed by atoms with van der Waals surface area (Å²) in [7, 11) is 2.17. The Bertz CT molecular complexity index is 416. The molecule has 1 N–H and O–H groups in total. The molecular weight excluding hydrogens is 288 g/mol. The monoisotopic (exact) mass is 310 g/mol. The molecule has 4 nitrogen and oxygen atoms in total. The van der Waals surface area contributed by atoms with Gasteiger partial charge in [0.15, 0.2) is 0 Å². The number of unbranched alkanes of at least 4 members (excludes halogenated alkanes) is 3. The van der Waals surface area contributed by atoms with Gasteiger partial charge in [-0.05, 0) is 37.6 Å². The van der Waals surface area contributed by atoms with Crippen LogP contribution in [0.5, 0.6) is 0 Å². The van der Waals surface area contributed by atoms with E-state index in [0.29, 0.717) is 6.42 Å². The molecule has 1 atom stereocenters. The molecule has 0 aromatic heterocycles. The van der Waals surface area contributed by atoms with Crippen molar-refractivity contribution in [1.82, 2.24) is 9.62 Å². The van der Waals surface area contributed by atoms with E-state index >= 15 is 0 Å². The molecule has 2 aliphatic rings. The van der Waals surface area contributed by atoms with Crippen molar-refractivity contribution in [3.8, 4) is 6.07 Å². The number of nitrogens with zero attached hydrogens (tertiary/aromatic N) is 3. The Labute approximate surface area is 130 Å². The van der Waals surface area contributed by atoms with Crippen molar-refractivity contribution in [2.45, 2.75) is 37.0 Å². The van der Waals surface area contributed by atoms with Crippen molar-refractivity contribution < 1.29 is 0 Å². The van der Waals surface area contributed by atoms with Gasteiger partial charge < -0.3 is 4.90 Å². The Balaban J connectivity index is 1.85. The largest absolute Gasteiger partial charge is 0.302 e. The number of hydrogen-bond acceptors (Lipinski definition) is 6. The fourth-order valence-electron chi connectivity index (χ4n) is 2.41. The predicted molar refractivity (Wildman–Crippen MR) is 88.7 cm³/mol. The van der Waals surface area contributed by atoms with Crippen LogP contribution in [0.4, 0.5) is 0 Å². The van der Waals surface area contributed by atoms with Gasteiger partial charge in [0.2, 0.25) is 0 Å². The molecule has 0 aromatic carbocycles. The summed E-state index contributed by atoms with van der Waals surface area (Å²) in [5.74, 6) is 1.10. The van der Waals surface area contributed by atoms with Gasteiger partial charge in [0.05, 0.1) is 18.2 Å². The molecule has 0 aromatic rings. The van der Waals surface area contributed by atoms with E-state index in [1.807, 2.05) is 11.8 Å². The van der Waals surface area contributed by atoms with Crippen LogP contribution in [0.15, 0.2) is 16.0 Å². The normalized spacial score (nSPS) is 26.5. The summed E-state index contributed by atoms with van der Waals surface area (Å²) < 4.78 is 7.80. The summed E-state index contributed by atoms with van der Waals surface area (Å²) in [6.07, 6.45) is 9.55. The molecule has 6 heteroatoms. The molecule has 2 rings (SSSR count). The van der Waals surface area contributed by atoms with Crippen molar-refractivity contribution in [2.75, 3.05) is 25.9 Å². The first kappa shape index (κ1) is 15.9. The minimum atomic E-state index is -0.116. The van der Waals surface area contributed by atoms with Crippen LogP contribution >= 0.6 is 23.9 Å². The van der Waals surface area contributed by atoms with Gasteiger partial charge >= 0.3 is 0 Å². The van der Waals surface area contributed by atoms with Gasteiger partial charge in [0.1, 0.15) is 4.87 Å². The lowest BCUT2D eigenvalue weighted by Crippen LogP contribution is -2.44. The molecule has 2 aliphatic heterocycles. The lowest BCUT2D eigenvalue weighted by molar-refractivity contribution is 0.348. The van der Waals surface area contributed by atoms with Crippen LogP contribution < -0.4 is 4.72 Å². The third-order valence-electron chi connectivity index (χ3n) is 3.57. The minimum Gasteiger partial charge on any atom is -0.302 e. The molecule has 2 heterocycles. The Morgan fingerprint density at radius 3 is 3.15 bits per heavy atom. The van der Waals surface area contributed by atoms with Gasteiger partial charge in [-0.25, -0.2) is 9.12 Å². The highest BCUT2D eigenvalue weighted by Gasteiger charge is 2.37. The molecular formula is C14H22N4S2. The summed E-state index contributed by atoms with van der Waals surface area (Å²) in [4.78, 5) is 2.25. The standard InChI is InChI=1S/C14H22N4S2/c1-18-9-6-7-13(11-18)14(12-16-20-17-14)19-10-5-3-2-4-8-15/h7,12,17H,2-6,9-11H2,1H3. The van der Waals surface area contributed by atoms with Crippen LogP contribution in [0.3, 0.4) is 0 Å². The first-order valence-corrected chi connectivity index (χ1v) is 8.89. The Kier molecular flexibility index (Phi) is 6.43. The quantitative estimate of drug-likeness (QED) is 0.445. The second-order valence-electron chi connectivity index (χ2n) is 5.24. The maximum absolute atomic E-state index is 8.53.